The summed E-state index contributed by atoms with van der Waals surface area (Å²) in [5.41, 5.74) is 0.728. The predicted molar refractivity (Wildman–Crippen MR) is 54.9 cm³/mol. The summed E-state index contributed by atoms with van der Waals surface area (Å²) in [7, 11) is 0. The average molecular weight is 210 g/mol. The number of hydrogen-bond acceptors (Lipinski definition) is 3. The minimum atomic E-state index is -1.000. The van der Waals surface area contributed by atoms with Crippen LogP contribution in [0.15, 0.2) is 24.3 Å². The number of carboxylic acid groups (broad SMARTS) is 1. The van der Waals surface area contributed by atoms with Crippen LogP contribution in [-0.4, -0.2) is 29.4 Å². The lowest BCUT2D eigenvalue weighted by Gasteiger charge is -2.11. The van der Waals surface area contributed by atoms with Crippen LogP contribution >= 0.6 is 0 Å². The summed E-state index contributed by atoms with van der Waals surface area (Å²) in [4.78, 5) is 10.7. The van der Waals surface area contributed by atoms with Crippen molar-refractivity contribution in [1.82, 2.24) is 0 Å². The maximum atomic E-state index is 10.7. The summed E-state index contributed by atoms with van der Waals surface area (Å²) in [5.74, 6) is -1.000. The molecule has 4 nitrogen and oxygen atoms in total. The highest BCUT2D eigenvalue weighted by Gasteiger charge is 2.10. The van der Waals surface area contributed by atoms with Crippen LogP contribution in [0.3, 0.4) is 0 Å². The van der Waals surface area contributed by atoms with Crippen molar-refractivity contribution in [2.24, 2.45) is 0 Å². The van der Waals surface area contributed by atoms with Gasteiger partial charge in [0.25, 0.3) is 0 Å². The van der Waals surface area contributed by atoms with Gasteiger partial charge in [-0.3, -0.25) is 0 Å². The molecule has 0 radical (unpaired) electrons. The number of ether oxygens (including phenoxy) is 1. The molecule has 1 atom stereocenters. The van der Waals surface area contributed by atoms with E-state index in [2.05, 4.69) is 0 Å². The largest absolute Gasteiger partial charge is 0.478 e. The fourth-order valence-electron chi connectivity index (χ4n) is 1.20. The van der Waals surface area contributed by atoms with Crippen molar-refractivity contribution in [2.75, 3.05) is 13.2 Å². The third kappa shape index (κ3) is 3.34. The molecule has 0 aliphatic heterocycles. The standard InChI is InChI=1S/C11H14O4/c1-2-15-7-10(12)8-4-3-5-9(6-8)11(13)14/h3-6,10,12H,2,7H2,1H3,(H,13,14). The quantitative estimate of drug-likeness (QED) is 0.772. The molecule has 0 aliphatic carbocycles. The van der Waals surface area contributed by atoms with E-state index in [0.717, 1.165) is 0 Å². The van der Waals surface area contributed by atoms with Crippen LogP contribution in [0.5, 0.6) is 0 Å². The molecule has 0 spiro atoms. The van der Waals surface area contributed by atoms with E-state index in [1.54, 1.807) is 12.1 Å². The first kappa shape index (κ1) is 11.7. The Morgan fingerprint density at radius 1 is 1.53 bits per heavy atom. The lowest BCUT2D eigenvalue weighted by molar-refractivity contribution is 0.0419. The van der Waals surface area contributed by atoms with Crippen LogP contribution in [-0.2, 0) is 4.74 Å². The molecule has 1 aromatic rings. The third-order valence-corrected chi connectivity index (χ3v) is 2.00. The van der Waals surface area contributed by atoms with Crippen molar-refractivity contribution in [3.8, 4) is 0 Å². The van der Waals surface area contributed by atoms with Crippen LogP contribution in [0.25, 0.3) is 0 Å². The van der Waals surface area contributed by atoms with Crippen LogP contribution in [0, 0.1) is 0 Å². The SMILES string of the molecule is CCOCC(O)c1cccc(C(=O)O)c1. The van der Waals surface area contributed by atoms with Gasteiger partial charge >= 0.3 is 5.97 Å². The van der Waals surface area contributed by atoms with Crippen LogP contribution in [0.2, 0.25) is 0 Å². The highest BCUT2D eigenvalue weighted by Crippen LogP contribution is 2.14. The molecule has 0 saturated carbocycles. The number of aliphatic hydroxyl groups excluding tert-OH is 1. The minimum Gasteiger partial charge on any atom is -0.478 e. The van der Waals surface area contributed by atoms with E-state index < -0.39 is 12.1 Å². The van der Waals surface area contributed by atoms with Gasteiger partial charge < -0.3 is 14.9 Å². The van der Waals surface area contributed by atoms with E-state index in [1.165, 1.54) is 12.1 Å². The Morgan fingerprint density at radius 2 is 2.27 bits per heavy atom. The van der Waals surface area contributed by atoms with Crippen molar-refractivity contribution in [3.63, 3.8) is 0 Å². The summed E-state index contributed by atoms with van der Waals surface area (Å²) in [6.45, 7) is 2.54. The monoisotopic (exact) mass is 210 g/mol. The van der Waals surface area contributed by atoms with Gasteiger partial charge in [0.05, 0.1) is 12.2 Å². The summed E-state index contributed by atoms with van der Waals surface area (Å²) in [5, 5.41) is 18.4. The molecule has 2 N–H and O–H groups in total. The van der Waals surface area contributed by atoms with E-state index in [4.69, 9.17) is 9.84 Å². The molecule has 4 heteroatoms. The number of carbonyl (C=O) groups is 1. The lowest BCUT2D eigenvalue weighted by Crippen LogP contribution is -2.08. The Kier molecular flexibility index (Phi) is 4.27. The molecule has 0 heterocycles. The maximum absolute atomic E-state index is 10.7. The number of aliphatic hydroxyl groups is 1. The Balaban J connectivity index is 2.76. The van der Waals surface area contributed by atoms with E-state index in [9.17, 15) is 9.90 Å². The Morgan fingerprint density at radius 3 is 2.87 bits per heavy atom. The van der Waals surface area contributed by atoms with Gasteiger partial charge in [0.15, 0.2) is 0 Å². The van der Waals surface area contributed by atoms with Crippen molar-refractivity contribution < 1.29 is 19.7 Å². The number of benzene rings is 1. The highest BCUT2D eigenvalue weighted by atomic mass is 16.5. The zero-order valence-corrected chi connectivity index (χ0v) is 8.51. The fourth-order valence-corrected chi connectivity index (χ4v) is 1.20. The van der Waals surface area contributed by atoms with Gasteiger partial charge in [-0.25, -0.2) is 4.79 Å². The van der Waals surface area contributed by atoms with Crippen molar-refractivity contribution in [2.45, 2.75) is 13.0 Å². The topological polar surface area (TPSA) is 66.8 Å². The second-order valence-corrected chi connectivity index (χ2v) is 3.11. The van der Waals surface area contributed by atoms with Gasteiger partial charge in [0.2, 0.25) is 0 Å². The molecule has 0 bridgehead atoms. The van der Waals surface area contributed by atoms with Gasteiger partial charge in [-0.2, -0.15) is 0 Å². The fraction of sp³-hybridized carbons (Fsp3) is 0.364. The second-order valence-electron chi connectivity index (χ2n) is 3.11. The molecule has 1 unspecified atom stereocenters. The summed E-state index contributed by atoms with van der Waals surface area (Å²) < 4.78 is 5.05. The lowest BCUT2D eigenvalue weighted by atomic mass is 10.1. The zero-order valence-electron chi connectivity index (χ0n) is 8.51. The molecular weight excluding hydrogens is 196 g/mol. The van der Waals surface area contributed by atoms with E-state index in [1.807, 2.05) is 6.92 Å². The number of rotatable bonds is 5. The smallest absolute Gasteiger partial charge is 0.335 e. The van der Waals surface area contributed by atoms with Crippen molar-refractivity contribution in [3.05, 3.63) is 35.4 Å². The molecular formula is C11H14O4. The first-order valence-electron chi connectivity index (χ1n) is 4.74. The van der Waals surface area contributed by atoms with Gasteiger partial charge in [0.1, 0.15) is 6.10 Å². The molecule has 15 heavy (non-hydrogen) atoms. The predicted octanol–water partition coefficient (Wildman–Crippen LogP) is 1.45. The van der Waals surface area contributed by atoms with Crippen LogP contribution in [0.4, 0.5) is 0 Å². The first-order chi connectivity index (χ1) is 7.15. The summed E-state index contributed by atoms with van der Waals surface area (Å²) >= 11 is 0. The molecule has 0 aliphatic rings. The normalized spacial score (nSPS) is 12.4. The highest BCUT2D eigenvalue weighted by molar-refractivity contribution is 5.87. The molecule has 0 amide bonds. The maximum Gasteiger partial charge on any atom is 0.335 e. The zero-order chi connectivity index (χ0) is 11.3. The number of aromatic carboxylic acids is 1. The molecule has 0 saturated heterocycles. The van der Waals surface area contributed by atoms with Gasteiger partial charge in [0, 0.05) is 6.61 Å². The average Bonchev–Trinajstić information content (AvgIpc) is 2.26. The minimum absolute atomic E-state index is 0.169. The first-order valence-corrected chi connectivity index (χ1v) is 4.74. The molecule has 82 valence electrons. The van der Waals surface area contributed by atoms with Gasteiger partial charge in [-0.15, -0.1) is 0 Å². The Bertz CT molecular complexity index is 335. The van der Waals surface area contributed by atoms with Crippen LogP contribution in [0.1, 0.15) is 28.9 Å². The molecule has 0 fully saturated rings. The molecule has 1 rings (SSSR count). The van der Waals surface area contributed by atoms with E-state index >= 15 is 0 Å². The summed E-state index contributed by atoms with van der Waals surface area (Å²) in [6.07, 6.45) is -0.774. The summed E-state index contributed by atoms with van der Waals surface area (Å²) in [6, 6.07) is 6.22. The Hall–Kier alpha value is -1.39. The molecule has 1 aromatic carbocycles. The van der Waals surface area contributed by atoms with Crippen molar-refractivity contribution in [1.29, 1.82) is 0 Å². The van der Waals surface area contributed by atoms with Gasteiger partial charge in [-0.05, 0) is 24.6 Å². The number of carboxylic acids is 1. The third-order valence-electron chi connectivity index (χ3n) is 2.00. The van der Waals surface area contributed by atoms with Crippen molar-refractivity contribution >= 4 is 5.97 Å². The second kappa shape index (κ2) is 5.48. The van der Waals surface area contributed by atoms with Crippen LogP contribution < -0.4 is 0 Å². The Labute approximate surface area is 88.1 Å². The molecule has 0 aromatic heterocycles. The van der Waals surface area contributed by atoms with E-state index in [0.29, 0.717) is 12.2 Å². The number of hydrogen-bond donors (Lipinski definition) is 2. The van der Waals surface area contributed by atoms with E-state index in [-0.39, 0.29) is 12.2 Å². The van der Waals surface area contributed by atoms with Gasteiger partial charge in [-0.1, -0.05) is 12.1 Å².